The summed E-state index contributed by atoms with van der Waals surface area (Å²) in [5.41, 5.74) is 4.60. The highest BCUT2D eigenvalue weighted by molar-refractivity contribution is 7.89. The van der Waals surface area contributed by atoms with Gasteiger partial charge in [0.15, 0.2) is 0 Å². The molecule has 1 fully saturated rings. The topological polar surface area (TPSA) is 53.5 Å². The monoisotopic (exact) mass is 465 g/mol. The summed E-state index contributed by atoms with van der Waals surface area (Å²) in [6.07, 6.45) is 7.25. The molecule has 0 radical (unpaired) electrons. The van der Waals surface area contributed by atoms with Crippen molar-refractivity contribution in [1.29, 1.82) is 0 Å². The Balaban J connectivity index is 1.42. The molecule has 4 rings (SSSR count). The molecule has 2 heterocycles. The van der Waals surface area contributed by atoms with E-state index >= 15 is 0 Å². The third kappa shape index (κ3) is 5.49. The lowest BCUT2D eigenvalue weighted by Gasteiger charge is -2.36. The average Bonchev–Trinajstić information content (AvgIpc) is 2.83. The summed E-state index contributed by atoms with van der Waals surface area (Å²) in [7, 11) is -3.20. The van der Waals surface area contributed by atoms with Gasteiger partial charge in [-0.3, -0.25) is 4.98 Å². The molecule has 2 aromatic carbocycles. The number of hydrogen-bond donors (Lipinski definition) is 0. The quantitative estimate of drug-likeness (QED) is 0.485. The van der Waals surface area contributed by atoms with Crippen LogP contribution in [-0.4, -0.2) is 49.1 Å². The van der Waals surface area contributed by atoms with Crippen molar-refractivity contribution in [3.05, 3.63) is 83.9 Å². The second-order valence-electron chi connectivity index (χ2n) is 8.41. The van der Waals surface area contributed by atoms with Crippen LogP contribution >= 0.6 is 0 Å². The SMILES string of the molecule is CC(C)S(=O)(=O)N1CCN(c2ccc(C=Cc3cc(F)cc(-c4ccncc4)c3)cc2)CC1. The Morgan fingerprint density at radius 3 is 2.12 bits per heavy atom. The summed E-state index contributed by atoms with van der Waals surface area (Å²) in [5, 5.41) is -0.394. The zero-order chi connectivity index (χ0) is 23.4. The first kappa shape index (κ1) is 23.1. The van der Waals surface area contributed by atoms with Gasteiger partial charge in [0, 0.05) is 44.3 Å². The highest BCUT2D eigenvalue weighted by Gasteiger charge is 2.29. The van der Waals surface area contributed by atoms with Crippen molar-refractivity contribution in [2.75, 3.05) is 31.1 Å². The van der Waals surface area contributed by atoms with Crippen LogP contribution in [0.25, 0.3) is 23.3 Å². The molecule has 33 heavy (non-hydrogen) atoms. The van der Waals surface area contributed by atoms with Gasteiger partial charge in [0.2, 0.25) is 10.0 Å². The summed E-state index contributed by atoms with van der Waals surface area (Å²) < 4.78 is 40.5. The van der Waals surface area contributed by atoms with E-state index in [1.807, 2.05) is 54.6 Å². The van der Waals surface area contributed by atoms with Gasteiger partial charge in [-0.2, -0.15) is 4.31 Å². The first-order valence-corrected chi connectivity index (χ1v) is 12.6. The Morgan fingerprint density at radius 1 is 0.848 bits per heavy atom. The summed E-state index contributed by atoms with van der Waals surface area (Å²) in [6, 6.07) is 16.8. The number of rotatable bonds is 6. The van der Waals surface area contributed by atoms with Gasteiger partial charge >= 0.3 is 0 Å². The molecule has 5 nitrogen and oxygen atoms in total. The Kier molecular flexibility index (Phi) is 6.91. The van der Waals surface area contributed by atoms with E-state index in [2.05, 4.69) is 9.88 Å². The van der Waals surface area contributed by atoms with E-state index in [0.717, 1.165) is 27.9 Å². The standard InChI is InChI=1S/C26H28FN3O2S/c1-20(2)33(31,32)30-15-13-29(14-16-30)26-7-5-21(6-8-26)3-4-22-17-24(19-25(27)18-22)23-9-11-28-12-10-23/h3-12,17-20H,13-16H2,1-2H3. The highest BCUT2D eigenvalue weighted by atomic mass is 32.2. The first-order chi connectivity index (χ1) is 15.8. The molecule has 3 aromatic rings. The van der Waals surface area contributed by atoms with Crippen molar-refractivity contribution < 1.29 is 12.8 Å². The lowest BCUT2D eigenvalue weighted by molar-refractivity contribution is 0.381. The molecule has 172 valence electrons. The molecular formula is C26H28FN3O2S. The minimum atomic E-state index is -3.20. The molecule has 0 saturated carbocycles. The zero-order valence-corrected chi connectivity index (χ0v) is 19.7. The van der Waals surface area contributed by atoms with Gasteiger partial charge in [-0.25, -0.2) is 12.8 Å². The molecule has 0 aliphatic carbocycles. The Morgan fingerprint density at radius 2 is 1.48 bits per heavy atom. The van der Waals surface area contributed by atoms with Crippen molar-refractivity contribution in [2.24, 2.45) is 0 Å². The Bertz CT molecular complexity index is 1220. The van der Waals surface area contributed by atoms with Gasteiger partial charge in [0.25, 0.3) is 0 Å². The van der Waals surface area contributed by atoms with E-state index in [1.165, 1.54) is 12.1 Å². The number of pyridine rings is 1. The maximum atomic E-state index is 14.1. The van der Waals surface area contributed by atoms with Crippen LogP contribution in [-0.2, 0) is 10.0 Å². The summed E-state index contributed by atoms with van der Waals surface area (Å²) in [5.74, 6) is -0.280. The zero-order valence-electron chi connectivity index (χ0n) is 18.9. The normalized spacial score (nSPS) is 15.5. The molecular weight excluding hydrogens is 437 g/mol. The second kappa shape index (κ2) is 9.85. The molecule has 0 N–H and O–H groups in total. The number of nitrogens with zero attached hydrogens (tertiary/aromatic N) is 3. The van der Waals surface area contributed by atoms with Crippen LogP contribution in [0, 0.1) is 5.82 Å². The molecule has 1 aromatic heterocycles. The lowest BCUT2D eigenvalue weighted by Crippen LogP contribution is -2.50. The molecule has 0 spiro atoms. The second-order valence-corrected chi connectivity index (χ2v) is 10.9. The fourth-order valence-corrected chi connectivity index (χ4v) is 5.18. The van der Waals surface area contributed by atoms with Crippen molar-refractivity contribution >= 4 is 27.9 Å². The number of anilines is 1. The maximum absolute atomic E-state index is 14.1. The molecule has 0 unspecified atom stereocenters. The molecule has 1 aliphatic heterocycles. The van der Waals surface area contributed by atoms with Crippen LogP contribution in [0.2, 0.25) is 0 Å². The number of hydrogen-bond acceptors (Lipinski definition) is 4. The van der Waals surface area contributed by atoms with Gasteiger partial charge in [-0.15, -0.1) is 0 Å². The largest absolute Gasteiger partial charge is 0.369 e. The van der Waals surface area contributed by atoms with Crippen molar-refractivity contribution in [2.45, 2.75) is 19.1 Å². The van der Waals surface area contributed by atoms with E-state index < -0.39 is 15.3 Å². The van der Waals surface area contributed by atoms with E-state index in [4.69, 9.17) is 0 Å². The van der Waals surface area contributed by atoms with Crippen LogP contribution in [0.3, 0.4) is 0 Å². The fraction of sp³-hybridized carbons (Fsp3) is 0.269. The lowest BCUT2D eigenvalue weighted by atomic mass is 10.0. The van der Waals surface area contributed by atoms with Gasteiger partial charge in [0.1, 0.15) is 5.82 Å². The Labute approximate surface area is 195 Å². The van der Waals surface area contributed by atoms with E-state index in [1.54, 1.807) is 30.5 Å². The van der Waals surface area contributed by atoms with Crippen LogP contribution in [0.15, 0.2) is 67.0 Å². The number of piperazine rings is 1. The summed E-state index contributed by atoms with van der Waals surface area (Å²) in [4.78, 5) is 6.22. The highest BCUT2D eigenvalue weighted by Crippen LogP contribution is 2.24. The molecule has 1 saturated heterocycles. The van der Waals surface area contributed by atoms with Gasteiger partial charge in [-0.1, -0.05) is 24.3 Å². The van der Waals surface area contributed by atoms with Crippen LogP contribution < -0.4 is 4.90 Å². The summed E-state index contributed by atoms with van der Waals surface area (Å²) >= 11 is 0. The van der Waals surface area contributed by atoms with Gasteiger partial charge in [-0.05, 0) is 78.6 Å². The smallest absolute Gasteiger partial charge is 0.216 e. The van der Waals surface area contributed by atoms with Gasteiger partial charge < -0.3 is 4.90 Å². The minimum absolute atomic E-state index is 0.280. The van der Waals surface area contributed by atoms with Crippen LogP contribution in [0.4, 0.5) is 10.1 Å². The minimum Gasteiger partial charge on any atom is -0.369 e. The van der Waals surface area contributed by atoms with E-state index in [-0.39, 0.29) is 5.82 Å². The first-order valence-electron chi connectivity index (χ1n) is 11.1. The van der Waals surface area contributed by atoms with E-state index in [0.29, 0.717) is 26.2 Å². The number of benzene rings is 2. The van der Waals surface area contributed by atoms with Crippen molar-refractivity contribution in [1.82, 2.24) is 9.29 Å². The van der Waals surface area contributed by atoms with Crippen LogP contribution in [0.1, 0.15) is 25.0 Å². The number of aromatic nitrogens is 1. The number of halogens is 1. The summed E-state index contributed by atoms with van der Waals surface area (Å²) in [6.45, 7) is 5.78. The predicted octanol–water partition coefficient (Wildman–Crippen LogP) is 4.92. The van der Waals surface area contributed by atoms with Crippen molar-refractivity contribution in [3.63, 3.8) is 0 Å². The van der Waals surface area contributed by atoms with Crippen LogP contribution in [0.5, 0.6) is 0 Å². The molecule has 0 bridgehead atoms. The fourth-order valence-electron chi connectivity index (χ4n) is 3.91. The van der Waals surface area contributed by atoms with Gasteiger partial charge in [0.05, 0.1) is 5.25 Å². The average molecular weight is 466 g/mol. The third-order valence-corrected chi connectivity index (χ3v) is 8.13. The molecule has 0 atom stereocenters. The Hall–Kier alpha value is -3.03. The van der Waals surface area contributed by atoms with Crippen molar-refractivity contribution in [3.8, 4) is 11.1 Å². The van der Waals surface area contributed by atoms with E-state index in [9.17, 15) is 12.8 Å². The molecule has 0 amide bonds. The maximum Gasteiger partial charge on any atom is 0.216 e. The molecule has 1 aliphatic rings. The predicted molar refractivity (Wildman–Crippen MR) is 133 cm³/mol. The molecule has 7 heteroatoms. The number of sulfonamides is 1. The third-order valence-electron chi connectivity index (χ3n) is 5.85.